The second-order valence-corrected chi connectivity index (χ2v) is 8.34. The Morgan fingerprint density at radius 2 is 1.96 bits per heavy atom. The second kappa shape index (κ2) is 7.97. The summed E-state index contributed by atoms with van der Waals surface area (Å²) in [6.45, 7) is 6.94. The summed E-state index contributed by atoms with van der Waals surface area (Å²) in [4.78, 5) is 26.2. The molecule has 1 N–H and O–H groups in total. The molecule has 1 aliphatic carbocycles. The van der Waals surface area contributed by atoms with Crippen LogP contribution in [-0.4, -0.2) is 67.3 Å². The van der Waals surface area contributed by atoms with Crippen molar-refractivity contribution in [2.45, 2.75) is 51.1 Å². The minimum absolute atomic E-state index is 0.0725. The van der Waals surface area contributed by atoms with Crippen LogP contribution >= 0.6 is 0 Å². The first-order valence-electron chi connectivity index (χ1n) is 10.4. The van der Waals surface area contributed by atoms with E-state index in [1.165, 1.54) is 32.4 Å². The van der Waals surface area contributed by atoms with Crippen molar-refractivity contribution in [1.29, 1.82) is 0 Å². The second-order valence-electron chi connectivity index (χ2n) is 8.34. The van der Waals surface area contributed by atoms with Crippen LogP contribution in [0.4, 0.5) is 5.69 Å². The minimum atomic E-state index is -0.0725. The van der Waals surface area contributed by atoms with Crippen molar-refractivity contribution >= 4 is 17.8 Å². The minimum Gasteiger partial charge on any atom is -0.370 e. The molecule has 6 heteroatoms. The lowest BCUT2D eigenvalue weighted by Gasteiger charge is -2.38. The molecule has 1 aromatic heterocycles. The number of aromatic nitrogens is 1. The van der Waals surface area contributed by atoms with Gasteiger partial charge in [0.25, 0.3) is 5.91 Å². The van der Waals surface area contributed by atoms with Crippen molar-refractivity contribution in [2.75, 3.05) is 38.1 Å². The zero-order chi connectivity index (χ0) is 18.8. The van der Waals surface area contributed by atoms with Gasteiger partial charge in [0.2, 0.25) is 0 Å². The van der Waals surface area contributed by atoms with E-state index in [4.69, 9.17) is 0 Å². The molecule has 27 heavy (non-hydrogen) atoms. The summed E-state index contributed by atoms with van der Waals surface area (Å²) in [6, 6.07) is 4.96. The molecule has 3 heterocycles. The lowest BCUT2D eigenvalue weighted by Crippen LogP contribution is -2.44. The van der Waals surface area contributed by atoms with Gasteiger partial charge >= 0.3 is 0 Å². The number of anilines is 1. The van der Waals surface area contributed by atoms with E-state index in [0.29, 0.717) is 17.8 Å². The number of hydrogen-bond acceptors (Lipinski definition) is 5. The maximum absolute atomic E-state index is 12.3. The smallest absolute Gasteiger partial charge is 0.270 e. The summed E-state index contributed by atoms with van der Waals surface area (Å²) in [5.74, 6) is 0.769. The van der Waals surface area contributed by atoms with Crippen LogP contribution in [-0.2, 0) is 0 Å². The van der Waals surface area contributed by atoms with Crippen LogP contribution in [0, 0.1) is 5.92 Å². The van der Waals surface area contributed by atoms with Crippen LogP contribution in [0.15, 0.2) is 17.1 Å². The molecular formula is C21H31N5O. The molecule has 6 nitrogen and oxygen atoms in total. The first-order valence-corrected chi connectivity index (χ1v) is 10.4. The van der Waals surface area contributed by atoms with E-state index >= 15 is 0 Å². The average molecular weight is 370 g/mol. The molecule has 0 radical (unpaired) electrons. The number of aliphatic imine (C=N–C) groups is 1. The highest BCUT2D eigenvalue weighted by Crippen LogP contribution is 2.28. The summed E-state index contributed by atoms with van der Waals surface area (Å²) >= 11 is 0. The highest BCUT2D eigenvalue weighted by atomic mass is 16.2. The van der Waals surface area contributed by atoms with Crippen LogP contribution in [0.3, 0.4) is 0 Å². The zero-order valence-electron chi connectivity index (χ0n) is 16.5. The van der Waals surface area contributed by atoms with Crippen molar-refractivity contribution in [3.8, 4) is 0 Å². The summed E-state index contributed by atoms with van der Waals surface area (Å²) in [5, 5.41) is 3.01. The number of nitrogens with zero attached hydrogens (tertiary/aromatic N) is 4. The first kappa shape index (κ1) is 18.4. The van der Waals surface area contributed by atoms with Gasteiger partial charge in [-0.1, -0.05) is 6.92 Å². The van der Waals surface area contributed by atoms with Crippen LogP contribution in [0.5, 0.6) is 0 Å². The van der Waals surface area contributed by atoms with Gasteiger partial charge < -0.3 is 10.2 Å². The predicted molar refractivity (Wildman–Crippen MR) is 109 cm³/mol. The molecule has 2 aliphatic heterocycles. The normalized spacial score (nSPS) is 24.7. The summed E-state index contributed by atoms with van der Waals surface area (Å²) < 4.78 is 0. The summed E-state index contributed by atoms with van der Waals surface area (Å²) in [6.07, 6.45) is 7.66. The number of piperidine rings is 1. The number of rotatable bonds is 5. The molecule has 1 unspecified atom stereocenters. The average Bonchev–Trinajstić information content (AvgIpc) is 3.39. The van der Waals surface area contributed by atoms with Crippen LogP contribution in [0.2, 0.25) is 0 Å². The quantitative estimate of drug-likeness (QED) is 0.810. The maximum atomic E-state index is 12.3. The monoisotopic (exact) mass is 369 g/mol. The molecule has 1 amide bonds. The largest absolute Gasteiger partial charge is 0.370 e. The van der Waals surface area contributed by atoms with E-state index < -0.39 is 0 Å². The van der Waals surface area contributed by atoms with Crippen molar-refractivity contribution in [2.24, 2.45) is 10.9 Å². The molecule has 1 atom stereocenters. The van der Waals surface area contributed by atoms with Crippen molar-refractivity contribution in [3.05, 3.63) is 23.5 Å². The predicted octanol–water partition coefficient (Wildman–Crippen LogP) is 2.33. The highest BCUT2D eigenvalue weighted by molar-refractivity contribution is 5.95. The van der Waals surface area contributed by atoms with Gasteiger partial charge in [-0.25, -0.2) is 4.98 Å². The van der Waals surface area contributed by atoms with Crippen LogP contribution in [0.1, 0.15) is 55.2 Å². The third-order valence-electron chi connectivity index (χ3n) is 6.08. The van der Waals surface area contributed by atoms with Gasteiger partial charge in [-0.15, -0.1) is 0 Å². The fraction of sp³-hybridized carbons (Fsp3) is 0.667. The number of pyridine rings is 1. The molecule has 3 fully saturated rings. The molecule has 0 bridgehead atoms. The van der Waals surface area contributed by atoms with Crippen molar-refractivity contribution < 1.29 is 4.79 Å². The molecule has 2 saturated heterocycles. The Morgan fingerprint density at radius 1 is 1.19 bits per heavy atom. The first-order chi connectivity index (χ1) is 13.1. The van der Waals surface area contributed by atoms with Gasteiger partial charge in [0.15, 0.2) is 0 Å². The Morgan fingerprint density at radius 3 is 2.59 bits per heavy atom. The number of carbonyl (C=O) groups is 1. The van der Waals surface area contributed by atoms with E-state index in [2.05, 4.69) is 32.0 Å². The molecule has 1 saturated carbocycles. The number of amides is 1. The summed E-state index contributed by atoms with van der Waals surface area (Å²) in [5.41, 5.74) is 2.38. The molecule has 1 aromatic rings. The highest BCUT2D eigenvalue weighted by Gasteiger charge is 2.30. The Bertz CT molecular complexity index is 707. The number of hydrogen-bond donors (Lipinski definition) is 1. The number of carbonyl (C=O) groups excluding carboxylic acids is 1. The molecule has 3 aliphatic rings. The molecule has 4 rings (SSSR count). The summed E-state index contributed by atoms with van der Waals surface area (Å²) in [7, 11) is 1.75. The fourth-order valence-corrected chi connectivity index (χ4v) is 4.34. The van der Waals surface area contributed by atoms with E-state index in [1.54, 1.807) is 13.3 Å². The van der Waals surface area contributed by atoms with E-state index in [-0.39, 0.29) is 5.91 Å². The van der Waals surface area contributed by atoms with Gasteiger partial charge in [-0.2, -0.15) is 0 Å². The van der Waals surface area contributed by atoms with Gasteiger partial charge in [-0.05, 0) is 56.7 Å². The topological polar surface area (TPSA) is 60.8 Å². The van der Waals surface area contributed by atoms with Gasteiger partial charge in [0.05, 0.1) is 5.69 Å². The van der Waals surface area contributed by atoms with Crippen molar-refractivity contribution in [1.82, 2.24) is 15.2 Å². The van der Waals surface area contributed by atoms with E-state index in [9.17, 15) is 4.79 Å². The van der Waals surface area contributed by atoms with Gasteiger partial charge in [0, 0.05) is 45.0 Å². The standard InChI is InChI=1S/C21H31N5O/c1-15-7-10-26(14-15)17-8-11-25(12-9-17)20-6-5-18(24-19(20)13-22-2)21(27)23-16-3-4-16/h5-6,13,15-17H,3-4,7-12,14H2,1-2H3,(H,23,27). The Kier molecular flexibility index (Phi) is 5.43. The fourth-order valence-electron chi connectivity index (χ4n) is 4.34. The lowest BCUT2D eigenvalue weighted by atomic mass is 10.0. The van der Waals surface area contributed by atoms with Gasteiger partial charge in [0.1, 0.15) is 11.4 Å². The number of likely N-dealkylation sites (tertiary alicyclic amines) is 1. The molecule has 146 valence electrons. The van der Waals surface area contributed by atoms with Crippen molar-refractivity contribution in [3.63, 3.8) is 0 Å². The van der Waals surface area contributed by atoms with Crippen LogP contribution in [0.25, 0.3) is 0 Å². The van der Waals surface area contributed by atoms with Gasteiger partial charge in [-0.3, -0.25) is 14.7 Å². The van der Waals surface area contributed by atoms with E-state index in [0.717, 1.165) is 43.2 Å². The Hall–Kier alpha value is -1.95. The lowest BCUT2D eigenvalue weighted by molar-refractivity contribution is 0.0946. The Balaban J connectivity index is 1.44. The zero-order valence-corrected chi connectivity index (χ0v) is 16.5. The Labute approximate surface area is 162 Å². The molecule has 0 spiro atoms. The third kappa shape index (κ3) is 4.32. The molecular weight excluding hydrogens is 338 g/mol. The third-order valence-corrected chi connectivity index (χ3v) is 6.08. The van der Waals surface area contributed by atoms with Crippen LogP contribution < -0.4 is 10.2 Å². The maximum Gasteiger partial charge on any atom is 0.270 e. The van der Waals surface area contributed by atoms with E-state index in [1.807, 2.05) is 12.1 Å². The SMILES string of the molecule is CN=Cc1nc(C(=O)NC2CC2)ccc1N1CCC(N2CCC(C)C2)CC1. The molecule has 0 aromatic carbocycles. The number of nitrogens with one attached hydrogen (secondary N) is 1.